The maximum atomic E-state index is 10.4. The van der Waals surface area contributed by atoms with Crippen LogP contribution in [0.25, 0.3) is 0 Å². The third-order valence-corrected chi connectivity index (χ3v) is 6.68. The smallest absolute Gasteiger partial charge is 0.115 e. The first kappa shape index (κ1) is 13.6. The largest absolute Gasteiger partial charge is 0.508 e. The van der Waals surface area contributed by atoms with Crippen LogP contribution in [0.5, 0.6) is 5.75 Å². The predicted octanol–water partition coefficient (Wildman–Crippen LogP) is 2.58. The summed E-state index contributed by atoms with van der Waals surface area (Å²) < 4.78 is 0. The summed E-state index contributed by atoms with van der Waals surface area (Å²) in [5.41, 5.74) is 2.57. The lowest BCUT2D eigenvalue weighted by atomic mass is 9.55. The number of phenols is 1. The summed E-state index contributed by atoms with van der Waals surface area (Å²) in [6.45, 7) is 2.17. The van der Waals surface area contributed by atoms with Crippen molar-refractivity contribution in [2.24, 2.45) is 17.3 Å². The van der Waals surface area contributed by atoms with Gasteiger partial charge in [0.15, 0.2) is 0 Å². The van der Waals surface area contributed by atoms with Crippen molar-refractivity contribution in [1.29, 1.82) is 0 Å². The second kappa shape index (κ2) is 4.47. The first-order valence-electron chi connectivity index (χ1n) is 8.18. The van der Waals surface area contributed by atoms with Gasteiger partial charge in [0.1, 0.15) is 5.75 Å². The van der Waals surface area contributed by atoms with E-state index in [1.165, 1.54) is 11.1 Å². The Morgan fingerprint density at radius 1 is 1.19 bits per heavy atom. The summed E-state index contributed by atoms with van der Waals surface area (Å²) in [6, 6.07) is 5.80. The minimum Gasteiger partial charge on any atom is -0.508 e. The molecule has 21 heavy (non-hydrogen) atoms. The van der Waals surface area contributed by atoms with Gasteiger partial charge in [-0.05, 0) is 78.5 Å². The maximum absolute atomic E-state index is 10.4. The highest BCUT2D eigenvalue weighted by molar-refractivity contribution is 5.40. The van der Waals surface area contributed by atoms with Crippen LogP contribution in [0, 0.1) is 17.3 Å². The summed E-state index contributed by atoms with van der Waals surface area (Å²) in [4.78, 5) is 0. The van der Waals surface area contributed by atoms with Crippen molar-refractivity contribution in [3.8, 4) is 5.75 Å². The molecule has 1 aromatic carbocycles. The van der Waals surface area contributed by atoms with Crippen LogP contribution in [-0.4, -0.2) is 27.5 Å². The minimum atomic E-state index is -0.565. The molecular weight excluding hydrogens is 264 g/mol. The number of rotatable bonds is 0. The van der Waals surface area contributed by atoms with Gasteiger partial charge < -0.3 is 15.3 Å². The van der Waals surface area contributed by atoms with Crippen molar-refractivity contribution in [2.45, 2.75) is 57.2 Å². The van der Waals surface area contributed by atoms with Gasteiger partial charge >= 0.3 is 0 Å². The fraction of sp³-hybridized carbons (Fsp3) is 0.667. The van der Waals surface area contributed by atoms with Crippen LogP contribution in [-0.2, 0) is 6.42 Å². The lowest BCUT2D eigenvalue weighted by Gasteiger charge is -2.49. The van der Waals surface area contributed by atoms with E-state index in [0.717, 1.165) is 32.1 Å². The molecule has 0 saturated heterocycles. The quantitative estimate of drug-likeness (QED) is 0.687. The molecule has 3 aliphatic rings. The topological polar surface area (TPSA) is 60.7 Å². The van der Waals surface area contributed by atoms with Crippen LogP contribution in [0.1, 0.15) is 49.7 Å². The number of hydrogen-bond acceptors (Lipinski definition) is 3. The Morgan fingerprint density at radius 3 is 2.81 bits per heavy atom. The molecule has 3 aliphatic carbocycles. The minimum absolute atomic E-state index is 0.116. The van der Waals surface area contributed by atoms with Gasteiger partial charge in [-0.2, -0.15) is 0 Å². The summed E-state index contributed by atoms with van der Waals surface area (Å²) in [5.74, 6) is 1.88. The number of hydrogen-bond donors (Lipinski definition) is 3. The lowest BCUT2D eigenvalue weighted by Crippen LogP contribution is -2.44. The van der Waals surface area contributed by atoms with Crippen molar-refractivity contribution in [1.82, 2.24) is 0 Å². The highest BCUT2D eigenvalue weighted by Gasteiger charge is 2.57. The van der Waals surface area contributed by atoms with Gasteiger partial charge in [0.25, 0.3) is 0 Å². The zero-order chi connectivity index (χ0) is 14.8. The molecule has 0 amide bonds. The second-order valence-electron chi connectivity index (χ2n) is 7.59. The first-order valence-corrected chi connectivity index (χ1v) is 8.18. The van der Waals surface area contributed by atoms with Gasteiger partial charge in [-0.1, -0.05) is 13.0 Å². The van der Waals surface area contributed by atoms with Crippen LogP contribution in [0.15, 0.2) is 18.2 Å². The average molecular weight is 288 g/mol. The Labute approximate surface area is 125 Å². The molecule has 4 rings (SSSR count). The third-order valence-electron chi connectivity index (χ3n) is 6.68. The number of phenolic OH excluding ortho intramolecular Hbond substituents is 1. The SMILES string of the molecule is C[C@]12CCC3c4ccc(O)cc4CC[C@H]3C1C[C@@H](O)[C@@H]2O. The number of aromatic hydroxyl groups is 1. The van der Waals surface area contributed by atoms with Crippen LogP contribution >= 0.6 is 0 Å². The summed E-state index contributed by atoms with van der Waals surface area (Å²) >= 11 is 0. The number of aryl methyl sites for hydroxylation is 1. The van der Waals surface area contributed by atoms with Gasteiger partial charge in [-0.3, -0.25) is 0 Å². The average Bonchev–Trinajstić information content (AvgIpc) is 2.70. The van der Waals surface area contributed by atoms with Gasteiger partial charge in [-0.25, -0.2) is 0 Å². The fourth-order valence-electron chi connectivity index (χ4n) is 5.56. The molecule has 0 heterocycles. The Hall–Kier alpha value is -1.06. The fourth-order valence-corrected chi connectivity index (χ4v) is 5.56. The molecule has 1 aromatic rings. The molecule has 6 atom stereocenters. The van der Waals surface area contributed by atoms with Crippen LogP contribution < -0.4 is 0 Å². The van der Waals surface area contributed by atoms with Crippen LogP contribution in [0.3, 0.4) is 0 Å². The number of aliphatic hydroxyl groups excluding tert-OH is 2. The molecular formula is C18H24O3. The second-order valence-corrected chi connectivity index (χ2v) is 7.59. The summed E-state index contributed by atoms with van der Waals surface area (Å²) in [7, 11) is 0. The molecule has 0 spiro atoms. The highest BCUT2D eigenvalue weighted by atomic mass is 16.3. The number of fused-ring (bicyclic) bond motifs is 5. The molecule has 2 saturated carbocycles. The van der Waals surface area contributed by atoms with Gasteiger partial charge in [0.05, 0.1) is 12.2 Å². The van der Waals surface area contributed by atoms with Gasteiger partial charge in [-0.15, -0.1) is 0 Å². The molecule has 0 aromatic heterocycles. The Morgan fingerprint density at radius 2 is 2.00 bits per heavy atom. The predicted molar refractivity (Wildman–Crippen MR) is 80.1 cm³/mol. The lowest BCUT2D eigenvalue weighted by molar-refractivity contribution is -0.0505. The van der Waals surface area contributed by atoms with Crippen molar-refractivity contribution >= 4 is 0 Å². The Bertz CT molecular complexity index is 570. The van der Waals surface area contributed by atoms with E-state index in [-0.39, 0.29) is 5.41 Å². The maximum Gasteiger partial charge on any atom is 0.115 e. The van der Waals surface area contributed by atoms with E-state index in [2.05, 4.69) is 13.0 Å². The van der Waals surface area contributed by atoms with Crippen molar-refractivity contribution in [3.63, 3.8) is 0 Å². The van der Waals surface area contributed by atoms with E-state index in [4.69, 9.17) is 0 Å². The van der Waals surface area contributed by atoms with Gasteiger partial charge in [0, 0.05) is 0 Å². The first-order chi connectivity index (χ1) is 10.0. The molecule has 0 bridgehead atoms. The van der Waals surface area contributed by atoms with Crippen molar-refractivity contribution < 1.29 is 15.3 Å². The van der Waals surface area contributed by atoms with Crippen LogP contribution in [0.2, 0.25) is 0 Å². The monoisotopic (exact) mass is 288 g/mol. The molecule has 0 radical (unpaired) electrons. The van der Waals surface area contributed by atoms with Crippen molar-refractivity contribution in [3.05, 3.63) is 29.3 Å². The molecule has 2 unspecified atom stereocenters. The van der Waals surface area contributed by atoms with E-state index in [0.29, 0.717) is 23.5 Å². The third kappa shape index (κ3) is 1.80. The van der Waals surface area contributed by atoms with Gasteiger partial charge in [0.2, 0.25) is 0 Å². The van der Waals surface area contributed by atoms with Crippen molar-refractivity contribution in [2.75, 3.05) is 0 Å². The molecule has 2 fully saturated rings. The van der Waals surface area contributed by atoms with E-state index < -0.39 is 12.2 Å². The standard InChI is InChI=1S/C18H24O3/c1-18-7-6-13-12-5-3-11(19)8-10(12)2-4-14(13)15(18)9-16(20)17(18)21/h3,5,8,13-17,19-21H,2,4,6-7,9H2,1H3/t13?,14-,15?,16-,17+,18+/m1/s1. The molecule has 3 N–H and O–H groups in total. The molecule has 3 nitrogen and oxygen atoms in total. The normalized spacial score (nSPS) is 44.8. The zero-order valence-electron chi connectivity index (χ0n) is 12.5. The highest BCUT2D eigenvalue weighted by Crippen LogP contribution is 2.60. The summed E-state index contributed by atoms with van der Waals surface area (Å²) in [5, 5.41) is 30.2. The van der Waals surface area contributed by atoms with E-state index in [9.17, 15) is 15.3 Å². The Kier molecular flexibility index (Phi) is 2.89. The summed E-state index contributed by atoms with van der Waals surface area (Å²) in [6.07, 6.45) is 3.80. The van der Waals surface area contributed by atoms with Crippen LogP contribution in [0.4, 0.5) is 0 Å². The van der Waals surface area contributed by atoms with E-state index in [1.807, 2.05) is 6.07 Å². The molecule has 114 valence electrons. The molecule has 3 heteroatoms. The molecule has 0 aliphatic heterocycles. The Balaban J connectivity index is 1.71. The number of benzene rings is 1. The number of aliphatic hydroxyl groups is 2. The van der Waals surface area contributed by atoms with E-state index in [1.54, 1.807) is 6.07 Å². The van der Waals surface area contributed by atoms with E-state index >= 15 is 0 Å². The zero-order valence-corrected chi connectivity index (χ0v) is 12.5.